The first-order valence-electron chi connectivity index (χ1n) is 5.22. The molecule has 1 heteroatoms. The first-order valence-corrected chi connectivity index (χ1v) is 5.22. The van der Waals surface area contributed by atoms with Crippen LogP contribution in [0.1, 0.15) is 37.5 Å². The minimum atomic E-state index is -0.130. The van der Waals surface area contributed by atoms with Crippen molar-refractivity contribution in [3.8, 4) is 0 Å². The van der Waals surface area contributed by atoms with Crippen LogP contribution in [-0.2, 0) is 11.8 Å². The van der Waals surface area contributed by atoms with E-state index in [9.17, 15) is 5.11 Å². The van der Waals surface area contributed by atoms with Gasteiger partial charge in [0, 0.05) is 5.41 Å². The number of benzene rings is 1. The SMILES string of the molecule is CCc1ccc(C)c(C(C)(C)CO)c1. The van der Waals surface area contributed by atoms with Crippen LogP contribution in [0.3, 0.4) is 0 Å². The highest BCUT2D eigenvalue weighted by Gasteiger charge is 2.21. The van der Waals surface area contributed by atoms with Gasteiger partial charge in [-0.3, -0.25) is 0 Å². The number of hydrogen-bond donors (Lipinski definition) is 1. The van der Waals surface area contributed by atoms with Gasteiger partial charge in [0.05, 0.1) is 6.61 Å². The van der Waals surface area contributed by atoms with Crippen molar-refractivity contribution in [1.29, 1.82) is 0 Å². The van der Waals surface area contributed by atoms with Crippen molar-refractivity contribution in [2.75, 3.05) is 6.61 Å². The molecule has 0 radical (unpaired) electrons. The Morgan fingerprint density at radius 1 is 1.29 bits per heavy atom. The van der Waals surface area contributed by atoms with Crippen molar-refractivity contribution in [3.05, 3.63) is 34.9 Å². The molecule has 0 saturated heterocycles. The fourth-order valence-electron chi connectivity index (χ4n) is 1.70. The molecule has 1 nitrogen and oxygen atoms in total. The third-order valence-electron chi connectivity index (χ3n) is 2.83. The number of aryl methyl sites for hydroxylation is 2. The van der Waals surface area contributed by atoms with Crippen LogP contribution in [0, 0.1) is 6.92 Å². The lowest BCUT2D eigenvalue weighted by atomic mass is 9.82. The maximum Gasteiger partial charge on any atom is 0.0522 e. The van der Waals surface area contributed by atoms with E-state index in [-0.39, 0.29) is 12.0 Å². The van der Waals surface area contributed by atoms with Crippen LogP contribution in [0.25, 0.3) is 0 Å². The molecule has 1 aromatic rings. The molecule has 1 N–H and O–H groups in total. The zero-order valence-corrected chi connectivity index (χ0v) is 9.59. The molecule has 0 bridgehead atoms. The monoisotopic (exact) mass is 192 g/mol. The van der Waals surface area contributed by atoms with Crippen LogP contribution in [0.2, 0.25) is 0 Å². The molecular formula is C13H20O. The molecular weight excluding hydrogens is 172 g/mol. The van der Waals surface area contributed by atoms with Crippen molar-refractivity contribution < 1.29 is 5.11 Å². The second-order valence-corrected chi connectivity index (χ2v) is 4.54. The predicted molar refractivity (Wildman–Crippen MR) is 60.7 cm³/mol. The summed E-state index contributed by atoms with van der Waals surface area (Å²) in [6.07, 6.45) is 1.05. The van der Waals surface area contributed by atoms with Crippen molar-refractivity contribution in [2.24, 2.45) is 0 Å². The van der Waals surface area contributed by atoms with Gasteiger partial charge in [-0.05, 0) is 30.0 Å². The first kappa shape index (κ1) is 11.3. The molecule has 0 unspecified atom stereocenters. The summed E-state index contributed by atoms with van der Waals surface area (Å²) >= 11 is 0. The Morgan fingerprint density at radius 2 is 1.93 bits per heavy atom. The van der Waals surface area contributed by atoms with Gasteiger partial charge in [0.1, 0.15) is 0 Å². The van der Waals surface area contributed by atoms with Crippen LogP contribution >= 0.6 is 0 Å². The third-order valence-corrected chi connectivity index (χ3v) is 2.83. The molecule has 0 amide bonds. The van der Waals surface area contributed by atoms with E-state index >= 15 is 0 Å². The van der Waals surface area contributed by atoms with E-state index < -0.39 is 0 Å². The summed E-state index contributed by atoms with van der Waals surface area (Å²) in [5, 5.41) is 9.34. The molecule has 14 heavy (non-hydrogen) atoms. The highest BCUT2D eigenvalue weighted by atomic mass is 16.3. The van der Waals surface area contributed by atoms with E-state index in [4.69, 9.17) is 0 Å². The van der Waals surface area contributed by atoms with Gasteiger partial charge < -0.3 is 5.11 Å². The van der Waals surface area contributed by atoms with Crippen LogP contribution in [-0.4, -0.2) is 11.7 Å². The normalized spacial score (nSPS) is 11.8. The maximum absolute atomic E-state index is 9.34. The summed E-state index contributed by atoms with van der Waals surface area (Å²) in [7, 11) is 0. The zero-order valence-electron chi connectivity index (χ0n) is 9.59. The molecule has 0 aliphatic heterocycles. The molecule has 0 heterocycles. The number of aliphatic hydroxyl groups excluding tert-OH is 1. The van der Waals surface area contributed by atoms with E-state index in [1.165, 1.54) is 16.7 Å². The summed E-state index contributed by atoms with van der Waals surface area (Å²) in [4.78, 5) is 0. The highest BCUT2D eigenvalue weighted by Crippen LogP contribution is 2.26. The molecule has 0 atom stereocenters. The van der Waals surface area contributed by atoms with Gasteiger partial charge in [-0.25, -0.2) is 0 Å². The van der Waals surface area contributed by atoms with Gasteiger partial charge in [0.25, 0.3) is 0 Å². The number of aliphatic hydroxyl groups is 1. The summed E-state index contributed by atoms with van der Waals surface area (Å²) in [6.45, 7) is 8.61. The van der Waals surface area contributed by atoms with Crippen LogP contribution in [0.5, 0.6) is 0 Å². The van der Waals surface area contributed by atoms with Gasteiger partial charge in [-0.2, -0.15) is 0 Å². The summed E-state index contributed by atoms with van der Waals surface area (Å²) in [5.41, 5.74) is 3.74. The summed E-state index contributed by atoms with van der Waals surface area (Å²) < 4.78 is 0. The van der Waals surface area contributed by atoms with Crippen molar-refractivity contribution in [1.82, 2.24) is 0 Å². The molecule has 0 aliphatic rings. The van der Waals surface area contributed by atoms with E-state index in [1.54, 1.807) is 0 Å². The smallest absolute Gasteiger partial charge is 0.0522 e. The van der Waals surface area contributed by atoms with Gasteiger partial charge in [-0.1, -0.05) is 39.0 Å². The Bertz CT molecular complexity index is 313. The van der Waals surface area contributed by atoms with E-state index in [0.29, 0.717) is 0 Å². The molecule has 78 valence electrons. The fourth-order valence-corrected chi connectivity index (χ4v) is 1.70. The second-order valence-electron chi connectivity index (χ2n) is 4.54. The average Bonchev–Trinajstić information content (AvgIpc) is 2.18. The summed E-state index contributed by atoms with van der Waals surface area (Å²) in [6, 6.07) is 6.52. The van der Waals surface area contributed by atoms with Crippen molar-refractivity contribution in [3.63, 3.8) is 0 Å². The zero-order chi connectivity index (χ0) is 10.8. The quantitative estimate of drug-likeness (QED) is 0.780. The Hall–Kier alpha value is -0.820. The maximum atomic E-state index is 9.34. The Balaban J connectivity index is 3.18. The fraction of sp³-hybridized carbons (Fsp3) is 0.538. The van der Waals surface area contributed by atoms with Gasteiger partial charge in [0.2, 0.25) is 0 Å². The lowest BCUT2D eigenvalue weighted by Gasteiger charge is -2.25. The van der Waals surface area contributed by atoms with E-state index in [2.05, 4.69) is 45.9 Å². The number of hydrogen-bond acceptors (Lipinski definition) is 1. The Kier molecular flexibility index (Phi) is 3.33. The van der Waals surface area contributed by atoms with Crippen molar-refractivity contribution in [2.45, 2.75) is 39.5 Å². The van der Waals surface area contributed by atoms with E-state index in [1.807, 2.05) is 0 Å². The molecule has 1 rings (SSSR count). The molecule has 1 aromatic carbocycles. The largest absolute Gasteiger partial charge is 0.395 e. The topological polar surface area (TPSA) is 20.2 Å². The van der Waals surface area contributed by atoms with Crippen LogP contribution < -0.4 is 0 Å². The Morgan fingerprint density at radius 3 is 2.43 bits per heavy atom. The lowest BCUT2D eigenvalue weighted by Crippen LogP contribution is -2.23. The lowest BCUT2D eigenvalue weighted by molar-refractivity contribution is 0.218. The van der Waals surface area contributed by atoms with Gasteiger partial charge in [0.15, 0.2) is 0 Å². The number of rotatable bonds is 3. The standard InChI is InChI=1S/C13H20O/c1-5-11-7-6-10(2)12(8-11)13(3,4)9-14/h6-8,14H,5,9H2,1-4H3. The minimum Gasteiger partial charge on any atom is -0.395 e. The second kappa shape index (κ2) is 4.14. The van der Waals surface area contributed by atoms with Gasteiger partial charge >= 0.3 is 0 Å². The predicted octanol–water partition coefficient (Wildman–Crippen LogP) is 2.83. The molecule has 0 fully saturated rings. The third kappa shape index (κ3) is 2.16. The molecule has 0 saturated carbocycles. The highest BCUT2D eigenvalue weighted by molar-refractivity contribution is 5.36. The van der Waals surface area contributed by atoms with E-state index in [0.717, 1.165) is 6.42 Å². The van der Waals surface area contributed by atoms with Crippen molar-refractivity contribution >= 4 is 0 Å². The summed E-state index contributed by atoms with van der Waals surface area (Å²) in [5.74, 6) is 0. The molecule has 0 aromatic heterocycles. The Labute approximate surface area is 86.8 Å². The van der Waals surface area contributed by atoms with Crippen LogP contribution in [0.4, 0.5) is 0 Å². The average molecular weight is 192 g/mol. The van der Waals surface area contributed by atoms with Crippen LogP contribution in [0.15, 0.2) is 18.2 Å². The molecule has 0 spiro atoms. The first-order chi connectivity index (χ1) is 6.51. The molecule has 0 aliphatic carbocycles. The minimum absolute atomic E-state index is 0.130. The van der Waals surface area contributed by atoms with Gasteiger partial charge in [-0.15, -0.1) is 0 Å².